The van der Waals surface area contributed by atoms with Crippen LogP contribution in [-0.4, -0.2) is 45.1 Å². The highest BCUT2D eigenvalue weighted by Crippen LogP contribution is 2.14. The quantitative estimate of drug-likeness (QED) is 0.742. The van der Waals surface area contributed by atoms with E-state index in [1.807, 2.05) is 6.92 Å². The minimum Gasteiger partial charge on any atom is -0.444 e. The van der Waals surface area contributed by atoms with Crippen LogP contribution in [0.15, 0.2) is 29.5 Å². The molecule has 0 aliphatic carbocycles. The van der Waals surface area contributed by atoms with E-state index in [1.165, 1.54) is 23.4 Å². The van der Waals surface area contributed by atoms with Gasteiger partial charge in [-0.3, -0.25) is 15.0 Å². The first-order valence-corrected chi connectivity index (χ1v) is 8.37. The van der Waals surface area contributed by atoms with Gasteiger partial charge in [0, 0.05) is 18.9 Å². The zero-order chi connectivity index (χ0) is 18.3. The van der Waals surface area contributed by atoms with Gasteiger partial charge in [-0.05, 0) is 43.1 Å². The molecule has 0 aliphatic rings. The van der Waals surface area contributed by atoms with E-state index in [0.29, 0.717) is 17.4 Å². The Balaban J connectivity index is 2.91. The van der Waals surface area contributed by atoms with Gasteiger partial charge in [0.25, 0.3) is 5.91 Å². The number of halogens is 1. The number of hydrogen-bond donors (Lipinski definition) is 1. The van der Waals surface area contributed by atoms with E-state index in [-0.39, 0.29) is 5.95 Å². The molecule has 0 aliphatic heterocycles. The first-order valence-electron chi connectivity index (χ1n) is 7.58. The molecule has 0 radical (unpaired) electrons. The average Bonchev–Trinajstić information content (AvgIpc) is 2.47. The number of ether oxygens (including phenoxy) is 1. The molecule has 0 unspecified atom stereocenters. The van der Waals surface area contributed by atoms with Crippen molar-refractivity contribution < 1.29 is 14.3 Å². The number of amides is 2. The molecule has 0 saturated carbocycles. The van der Waals surface area contributed by atoms with Gasteiger partial charge in [-0.2, -0.15) is 0 Å². The van der Waals surface area contributed by atoms with E-state index in [4.69, 9.17) is 4.74 Å². The van der Waals surface area contributed by atoms with Crippen LogP contribution in [0, 0.1) is 0 Å². The van der Waals surface area contributed by atoms with Crippen molar-refractivity contribution in [2.45, 2.75) is 45.8 Å². The Labute approximate surface area is 150 Å². The van der Waals surface area contributed by atoms with E-state index in [0.717, 1.165) is 0 Å². The molecule has 0 saturated heterocycles. The van der Waals surface area contributed by atoms with Crippen LogP contribution in [0.25, 0.3) is 0 Å². The summed E-state index contributed by atoms with van der Waals surface area (Å²) in [7, 11) is 0. The van der Waals surface area contributed by atoms with Crippen LogP contribution in [0.2, 0.25) is 0 Å². The molecule has 1 aromatic heterocycles. The number of nitrogens with one attached hydrogen (secondary N) is 1. The van der Waals surface area contributed by atoms with Gasteiger partial charge in [0.2, 0.25) is 5.95 Å². The van der Waals surface area contributed by atoms with Crippen LogP contribution in [0.4, 0.5) is 10.7 Å². The minimum absolute atomic E-state index is 0.149. The Morgan fingerprint density at radius 2 is 2.00 bits per heavy atom. The highest BCUT2D eigenvalue weighted by molar-refractivity contribution is 9.10. The second-order valence-corrected chi connectivity index (χ2v) is 6.98. The topological polar surface area (TPSA) is 84.4 Å². The summed E-state index contributed by atoms with van der Waals surface area (Å²) in [5, 5.41) is 2.57. The van der Waals surface area contributed by atoms with E-state index in [2.05, 4.69) is 37.8 Å². The smallest absolute Gasteiger partial charge is 0.411 e. The van der Waals surface area contributed by atoms with Gasteiger partial charge >= 0.3 is 6.09 Å². The molecule has 24 heavy (non-hydrogen) atoms. The summed E-state index contributed by atoms with van der Waals surface area (Å²) in [6.07, 6.45) is 4.53. The number of carbonyl (C=O) groups is 2. The third kappa shape index (κ3) is 6.27. The third-order valence-electron chi connectivity index (χ3n) is 2.78. The molecule has 1 atom stereocenters. The molecule has 0 bridgehead atoms. The SMILES string of the molecule is C=C[C@@H](C(=O)Nc1ncc(Br)cn1)N(CCC)C(=O)OC(C)(C)C. The van der Waals surface area contributed by atoms with Crippen molar-refractivity contribution in [2.75, 3.05) is 11.9 Å². The molecular weight excluding hydrogens is 376 g/mol. The molecule has 1 heterocycles. The van der Waals surface area contributed by atoms with E-state index >= 15 is 0 Å². The van der Waals surface area contributed by atoms with Crippen molar-refractivity contribution in [3.05, 3.63) is 29.5 Å². The fourth-order valence-electron chi connectivity index (χ4n) is 1.84. The maximum Gasteiger partial charge on any atom is 0.411 e. The Morgan fingerprint density at radius 3 is 2.46 bits per heavy atom. The predicted octanol–water partition coefficient (Wildman–Crippen LogP) is 3.38. The Morgan fingerprint density at radius 1 is 1.42 bits per heavy atom. The largest absolute Gasteiger partial charge is 0.444 e. The lowest BCUT2D eigenvalue weighted by Gasteiger charge is -2.31. The molecule has 1 N–H and O–H groups in total. The normalized spacial score (nSPS) is 12.2. The number of anilines is 1. The zero-order valence-corrected chi connectivity index (χ0v) is 16.0. The number of carbonyl (C=O) groups excluding carboxylic acids is 2. The summed E-state index contributed by atoms with van der Waals surface area (Å²) >= 11 is 3.22. The van der Waals surface area contributed by atoms with Crippen molar-refractivity contribution >= 4 is 33.9 Å². The molecule has 2 amide bonds. The summed E-state index contributed by atoms with van der Waals surface area (Å²) in [4.78, 5) is 34.2. The van der Waals surface area contributed by atoms with E-state index in [9.17, 15) is 9.59 Å². The van der Waals surface area contributed by atoms with Crippen LogP contribution in [0.5, 0.6) is 0 Å². The lowest BCUT2D eigenvalue weighted by atomic mass is 10.2. The van der Waals surface area contributed by atoms with Gasteiger partial charge in [0.15, 0.2) is 0 Å². The van der Waals surface area contributed by atoms with Crippen molar-refractivity contribution in [3.8, 4) is 0 Å². The first-order chi connectivity index (χ1) is 11.2. The fourth-order valence-corrected chi connectivity index (χ4v) is 2.05. The molecule has 1 rings (SSSR count). The predicted molar refractivity (Wildman–Crippen MR) is 95.6 cm³/mol. The Kier molecular flexibility index (Phi) is 7.34. The second kappa shape index (κ2) is 8.77. The van der Waals surface area contributed by atoms with Gasteiger partial charge in [-0.1, -0.05) is 13.0 Å². The van der Waals surface area contributed by atoms with Crippen LogP contribution >= 0.6 is 15.9 Å². The molecule has 0 aromatic carbocycles. The standard InChI is InChI=1S/C16H23BrN4O3/c1-6-8-21(15(23)24-16(3,4)5)12(7-2)13(22)20-14-18-9-11(17)10-19-14/h7,9-10,12H,2,6,8H2,1,3-5H3,(H,18,19,20,22)/t12-/m0/s1. The summed E-state index contributed by atoms with van der Waals surface area (Å²) < 4.78 is 6.07. The summed E-state index contributed by atoms with van der Waals surface area (Å²) in [5.74, 6) is -0.303. The van der Waals surface area contributed by atoms with Crippen molar-refractivity contribution in [3.63, 3.8) is 0 Å². The van der Waals surface area contributed by atoms with E-state index in [1.54, 1.807) is 20.8 Å². The number of aromatic nitrogens is 2. The van der Waals surface area contributed by atoms with Gasteiger partial charge < -0.3 is 4.74 Å². The van der Waals surface area contributed by atoms with Crippen molar-refractivity contribution in [1.29, 1.82) is 0 Å². The maximum atomic E-state index is 12.5. The zero-order valence-electron chi connectivity index (χ0n) is 14.4. The van der Waals surface area contributed by atoms with Crippen LogP contribution in [0.1, 0.15) is 34.1 Å². The third-order valence-corrected chi connectivity index (χ3v) is 3.19. The van der Waals surface area contributed by atoms with E-state index < -0.39 is 23.6 Å². The van der Waals surface area contributed by atoms with Crippen LogP contribution in [0.3, 0.4) is 0 Å². The molecule has 1 aromatic rings. The average molecular weight is 399 g/mol. The number of nitrogens with zero attached hydrogens (tertiary/aromatic N) is 3. The van der Waals surface area contributed by atoms with Crippen LogP contribution < -0.4 is 5.32 Å². The van der Waals surface area contributed by atoms with Gasteiger partial charge in [-0.25, -0.2) is 14.8 Å². The van der Waals surface area contributed by atoms with Crippen molar-refractivity contribution in [2.24, 2.45) is 0 Å². The number of hydrogen-bond acceptors (Lipinski definition) is 5. The molecule has 8 heteroatoms. The maximum absolute atomic E-state index is 12.5. The molecule has 7 nitrogen and oxygen atoms in total. The first kappa shape index (κ1) is 20.1. The Hall–Kier alpha value is -1.96. The summed E-state index contributed by atoms with van der Waals surface area (Å²) in [6.45, 7) is 11.2. The molecular formula is C16H23BrN4O3. The molecule has 0 spiro atoms. The lowest BCUT2D eigenvalue weighted by molar-refractivity contribution is -0.119. The molecule has 132 valence electrons. The molecule has 0 fully saturated rings. The Bertz CT molecular complexity index is 584. The summed E-state index contributed by atoms with van der Waals surface area (Å²) in [5.41, 5.74) is -0.653. The van der Waals surface area contributed by atoms with Crippen molar-refractivity contribution in [1.82, 2.24) is 14.9 Å². The lowest BCUT2D eigenvalue weighted by Crippen LogP contribution is -2.48. The van der Waals surface area contributed by atoms with Gasteiger partial charge in [0.05, 0.1) is 4.47 Å². The minimum atomic E-state index is -0.882. The van der Waals surface area contributed by atoms with Gasteiger partial charge in [-0.15, -0.1) is 6.58 Å². The fraction of sp³-hybridized carbons (Fsp3) is 0.500. The second-order valence-electron chi connectivity index (χ2n) is 6.07. The summed E-state index contributed by atoms with van der Waals surface area (Å²) in [6, 6.07) is -0.882. The number of rotatable bonds is 6. The van der Waals surface area contributed by atoms with Crippen LogP contribution in [-0.2, 0) is 9.53 Å². The highest BCUT2D eigenvalue weighted by Gasteiger charge is 2.30. The monoisotopic (exact) mass is 398 g/mol. The highest BCUT2D eigenvalue weighted by atomic mass is 79.9. The van der Waals surface area contributed by atoms with Gasteiger partial charge in [0.1, 0.15) is 11.6 Å².